The summed E-state index contributed by atoms with van der Waals surface area (Å²) in [5.41, 5.74) is 1.10. The molecule has 0 amide bonds. The monoisotopic (exact) mass is 663 g/mol. The van der Waals surface area contributed by atoms with Crippen LogP contribution in [0.15, 0.2) is 94.9 Å². The molecule has 14 heteroatoms. The molecule has 0 aliphatic rings. The molecule has 0 unspecified atom stereocenters. The largest absolute Gasteiger partial charge is 0.465 e. The van der Waals surface area contributed by atoms with Crippen molar-refractivity contribution in [3.63, 3.8) is 0 Å². The van der Waals surface area contributed by atoms with Crippen molar-refractivity contribution in [3.8, 4) is 22.8 Å². The second-order valence-corrected chi connectivity index (χ2v) is 14.1. The van der Waals surface area contributed by atoms with E-state index in [1.165, 1.54) is 48.7 Å². The molecule has 0 fully saturated rings. The minimum Gasteiger partial charge on any atom is -0.465 e. The van der Waals surface area contributed by atoms with E-state index in [1.807, 2.05) is 6.92 Å². The van der Waals surface area contributed by atoms with E-state index < -0.39 is 43.3 Å². The summed E-state index contributed by atoms with van der Waals surface area (Å²) >= 11 is 0. The minimum absolute atomic E-state index is 0.00275. The lowest BCUT2D eigenvalue weighted by Crippen LogP contribution is -2.14. The number of esters is 1. The number of aromatic nitrogens is 3. The first-order valence-corrected chi connectivity index (χ1v) is 16.8. The molecule has 0 N–H and O–H groups in total. The van der Waals surface area contributed by atoms with E-state index in [-0.39, 0.29) is 48.7 Å². The predicted octanol–water partition coefficient (Wildman–Crippen LogP) is 6.06. The molecule has 0 aliphatic heterocycles. The number of aryl methyl sites for hydroxylation is 1. The normalized spacial score (nSPS) is 12.0. The molecule has 46 heavy (non-hydrogen) atoms. The van der Waals surface area contributed by atoms with Crippen LogP contribution in [-0.2, 0) is 24.6 Å². The Morgan fingerprint density at radius 2 is 1.59 bits per heavy atom. The highest BCUT2D eigenvalue weighted by Gasteiger charge is 2.28. The van der Waals surface area contributed by atoms with Crippen molar-refractivity contribution < 1.29 is 39.9 Å². The van der Waals surface area contributed by atoms with Crippen molar-refractivity contribution in [2.75, 3.05) is 13.4 Å². The van der Waals surface area contributed by atoms with Gasteiger partial charge in [-0.3, -0.25) is 0 Å². The summed E-state index contributed by atoms with van der Waals surface area (Å²) in [5.74, 6) is -3.14. The van der Waals surface area contributed by atoms with E-state index in [4.69, 9.17) is 4.74 Å². The van der Waals surface area contributed by atoms with Crippen molar-refractivity contribution in [1.82, 2.24) is 14.2 Å². The van der Waals surface area contributed by atoms with Crippen molar-refractivity contribution in [1.29, 1.82) is 0 Å². The number of pyridine rings is 1. The van der Waals surface area contributed by atoms with Crippen LogP contribution in [0.5, 0.6) is 11.6 Å². The van der Waals surface area contributed by atoms with Crippen LogP contribution in [0.4, 0.5) is 8.78 Å². The Kier molecular flexibility index (Phi) is 7.57. The molecule has 10 nitrogen and oxygen atoms in total. The van der Waals surface area contributed by atoms with Crippen LogP contribution in [-0.4, -0.2) is 50.3 Å². The number of hydrogen-bond donors (Lipinski definition) is 0. The average molecular weight is 664 g/mol. The van der Waals surface area contributed by atoms with Gasteiger partial charge >= 0.3 is 5.97 Å². The summed E-state index contributed by atoms with van der Waals surface area (Å²) in [4.78, 5) is 15.9. The van der Waals surface area contributed by atoms with Crippen LogP contribution in [0.1, 0.15) is 15.9 Å². The molecule has 0 atom stereocenters. The van der Waals surface area contributed by atoms with E-state index in [2.05, 4.69) is 14.8 Å². The molecule has 0 bridgehead atoms. The highest BCUT2D eigenvalue weighted by molar-refractivity contribution is 7.91. The summed E-state index contributed by atoms with van der Waals surface area (Å²) in [6, 6.07) is 17.4. The van der Waals surface area contributed by atoms with Gasteiger partial charge in [0.15, 0.2) is 9.84 Å². The van der Waals surface area contributed by atoms with Crippen molar-refractivity contribution in [2.45, 2.75) is 16.7 Å². The highest BCUT2D eigenvalue weighted by atomic mass is 32.2. The van der Waals surface area contributed by atoms with Gasteiger partial charge in [0.05, 0.1) is 34.8 Å². The molecular weight excluding hydrogens is 640 g/mol. The van der Waals surface area contributed by atoms with Gasteiger partial charge in [0.1, 0.15) is 22.3 Å². The number of nitrogens with zero attached hydrogens (tertiary/aromatic N) is 3. The van der Waals surface area contributed by atoms with Gasteiger partial charge in [-0.25, -0.2) is 27.0 Å². The fourth-order valence-corrected chi connectivity index (χ4v) is 7.26. The average Bonchev–Trinajstić information content (AvgIpc) is 3.43. The molecule has 6 aromatic rings. The van der Waals surface area contributed by atoms with Crippen LogP contribution in [0.2, 0.25) is 0 Å². The Hall–Kier alpha value is -5.21. The van der Waals surface area contributed by atoms with Crippen LogP contribution in [0.25, 0.3) is 32.9 Å². The van der Waals surface area contributed by atoms with Gasteiger partial charge in [0.2, 0.25) is 5.88 Å². The Bertz CT molecular complexity index is 2410. The second-order valence-electron chi connectivity index (χ2n) is 10.4. The number of halogens is 2. The fraction of sp³-hybridized carbons (Fsp3) is 0.0938. The van der Waals surface area contributed by atoms with Gasteiger partial charge in [-0.2, -0.15) is 17.6 Å². The van der Waals surface area contributed by atoms with Crippen LogP contribution < -0.4 is 4.74 Å². The van der Waals surface area contributed by atoms with Crippen LogP contribution in [0.3, 0.4) is 0 Å². The molecule has 6 rings (SSSR count). The minimum atomic E-state index is -4.15. The van der Waals surface area contributed by atoms with E-state index in [1.54, 1.807) is 12.1 Å². The topological polar surface area (TPSA) is 135 Å². The van der Waals surface area contributed by atoms with Gasteiger partial charge in [0, 0.05) is 28.7 Å². The zero-order valence-electron chi connectivity index (χ0n) is 24.4. The zero-order valence-corrected chi connectivity index (χ0v) is 26.0. The number of ether oxygens (including phenoxy) is 2. The number of benzene rings is 4. The number of carbonyl (C=O) groups excluding carboxylic acids is 1. The van der Waals surface area contributed by atoms with E-state index >= 15 is 0 Å². The number of methoxy groups -OCH3 is 1. The Balaban J connectivity index is 1.64. The Morgan fingerprint density at radius 1 is 0.891 bits per heavy atom. The maximum atomic E-state index is 14.8. The maximum absolute atomic E-state index is 14.8. The maximum Gasteiger partial charge on any atom is 0.340 e. The predicted molar refractivity (Wildman–Crippen MR) is 165 cm³/mol. The van der Waals surface area contributed by atoms with Crippen LogP contribution in [0, 0.1) is 18.6 Å². The quantitative estimate of drug-likeness (QED) is 0.187. The van der Waals surface area contributed by atoms with Gasteiger partial charge in [-0.15, -0.1) is 0 Å². The molecule has 4 aromatic carbocycles. The first-order valence-electron chi connectivity index (χ1n) is 13.5. The third-order valence-electron chi connectivity index (χ3n) is 7.18. The van der Waals surface area contributed by atoms with E-state index in [0.717, 1.165) is 47.3 Å². The number of fused-ring (bicyclic) bond motifs is 2. The zero-order chi connectivity index (χ0) is 33.0. The summed E-state index contributed by atoms with van der Waals surface area (Å²) in [5, 5.41) is 4.74. The molecule has 0 saturated heterocycles. The number of carbonyl (C=O) groups is 1. The molecule has 2 heterocycles. The smallest absolute Gasteiger partial charge is 0.340 e. The SMILES string of the molecule is COC(=O)c1ccc(Oc2nc3cc4c(cnn4S(=O)(=O)c4ccc(C)cc4)cc3c(-c3ccc(F)cc3)c2S(C)(=O)=O)cc1F. The summed E-state index contributed by atoms with van der Waals surface area (Å²) in [6.07, 6.45) is 2.26. The molecule has 0 saturated carbocycles. The first kappa shape index (κ1) is 30.8. The highest BCUT2D eigenvalue weighted by Crippen LogP contribution is 2.42. The van der Waals surface area contributed by atoms with Crippen LogP contribution >= 0.6 is 0 Å². The van der Waals surface area contributed by atoms with E-state index in [9.17, 15) is 30.4 Å². The Morgan fingerprint density at radius 3 is 2.22 bits per heavy atom. The van der Waals surface area contributed by atoms with Crippen molar-refractivity contribution in [3.05, 3.63) is 108 Å². The molecule has 0 radical (unpaired) electrons. The van der Waals surface area contributed by atoms with Gasteiger partial charge in [0.25, 0.3) is 10.0 Å². The van der Waals surface area contributed by atoms with Crippen molar-refractivity contribution in [2.24, 2.45) is 0 Å². The molecule has 0 aliphatic carbocycles. The lowest BCUT2D eigenvalue weighted by molar-refractivity contribution is 0.0595. The molecular formula is C32H23F2N3O7S2. The number of hydrogen-bond acceptors (Lipinski definition) is 9. The third-order valence-corrected chi connectivity index (χ3v) is 9.91. The number of rotatable bonds is 7. The summed E-state index contributed by atoms with van der Waals surface area (Å²) in [7, 11) is -7.21. The standard InChI is InChI=1S/C32H23F2N3O7S2/c1-18-4-11-23(12-5-18)46(41,42)37-28-16-27-25(14-20(28)17-35-37)29(19-6-8-21(33)9-7-19)30(45(3,39)40)31(36-27)44-22-10-13-24(26(34)15-22)32(38)43-2/h4-17H,1-3H3. The third kappa shape index (κ3) is 5.45. The molecule has 2 aromatic heterocycles. The van der Waals surface area contributed by atoms with Crippen molar-refractivity contribution >= 4 is 47.6 Å². The lowest BCUT2D eigenvalue weighted by Gasteiger charge is -2.17. The van der Waals surface area contributed by atoms with Gasteiger partial charge in [-0.05, 0) is 61.0 Å². The summed E-state index contributed by atoms with van der Waals surface area (Å²) in [6.45, 7) is 1.82. The first-order chi connectivity index (χ1) is 21.8. The summed E-state index contributed by atoms with van der Waals surface area (Å²) < 4.78 is 93.9. The Labute approximate surface area is 261 Å². The lowest BCUT2D eigenvalue weighted by atomic mass is 10.00. The van der Waals surface area contributed by atoms with Gasteiger partial charge < -0.3 is 9.47 Å². The molecule has 234 valence electrons. The number of sulfone groups is 1. The van der Waals surface area contributed by atoms with E-state index in [0.29, 0.717) is 5.39 Å². The van der Waals surface area contributed by atoms with Gasteiger partial charge in [-0.1, -0.05) is 29.8 Å². The fourth-order valence-electron chi connectivity index (χ4n) is 4.99. The second kappa shape index (κ2) is 11.3. The molecule has 0 spiro atoms.